The second-order valence-corrected chi connectivity index (χ2v) is 5.83. The molecule has 2 aromatic rings. The Hall–Kier alpha value is -1.65. The second kappa shape index (κ2) is 6.00. The Morgan fingerprint density at radius 1 is 1.19 bits per heavy atom. The van der Waals surface area contributed by atoms with E-state index in [0.717, 1.165) is 43.4 Å². The molecule has 1 amide bonds. The summed E-state index contributed by atoms with van der Waals surface area (Å²) in [7, 11) is 2.08. The quantitative estimate of drug-likeness (QED) is 0.760. The summed E-state index contributed by atoms with van der Waals surface area (Å²) >= 11 is 6.21. The summed E-state index contributed by atoms with van der Waals surface area (Å²) in [5.41, 5.74) is 0.434. The minimum Gasteiger partial charge on any atom is -0.336 e. The highest BCUT2D eigenvalue weighted by atomic mass is 35.5. The van der Waals surface area contributed by atoms with Crippen LogP contribution >= 0.6 is 11.6 Å². The number of carbonyl (C=O) groups is 1. The van der Waals surface area contributed by atoms with E-state index in [-0.39, 0.29) is 5.91 Å². The zero-order chi connectivity index (χ0) is 14.8. The first-order chi connectivity index (χ1) is 10.1. The van der Waals surface area contributed by atoms with Gasteiger partial charge in [0.15, 0.2) is 0 Å². The van der Waals surface area contributed by atoms with Gasteiger partial charge in [-0.25, -0.2) is 4.98 Å². The van der Waals surface area contributed by atoms with E-state index in [9.17, 15) is 4.79 Å². The summed E-state index contributed by atoms with van der Waals surface area (Å²) in [4.78, 5) is 21.0. The first-order valence-corrected chi connectivity index (χ1v) is 7.56. The first kappa shape index (κ1) is 14.3. The monoisotopic (exact) mass is 303 g/mol. The van der Waals surface area contributed by atoms with Crippen molar-refractivity contribution in [3.8, 4) is 0 Å². The average molecular weight is 304 g/mol. The number of hydrogen-bond acceptors (Lipinski definition) is 3. The van der Waals surface area contributed by atoms with Gasteiger partial charge in [-0.1, -0.05) is 35.9 Å². The lowest BCUT2D eigenvalue weighted by Crippen LogP contribution is -2.35. The van der Waals surface area contributed by atoms with Crippen molar-refractivity contribution in [2.75, 3.05) is 33.2 Å². The van der Waals surface area contributed by atoms with Crippen LogP contribution in [0.4, 0.5) is 0 Å². The smallest absolute Gasteiger partial charge is 0.272 e. The highest BCUT2D eigenvalue weighted by Crippen LogP contribution is 2.23. The van der Waals surface area contributed by atoms with Gasteiger partial charge < -0.3 is 9.80 Å². The number of hydrogen-bond donors (Lipinski definition) is 0. The van der Waals surface area contributed by atoms with Gasteiger partial charge in [-0.15, -0.1) is 0 Å². The summed E-state index contributed by atoms with van der Waals surface area (Å²) < 4.78 is 0. The lowest BCUT2D eigenvalue weighted by Gasteiger charge is -2.20. The average Bonchev–Trinajstić information content (AvgIpc) is 2.71. The minimum atomic E-state index is -0.0297. The number of nitrogens with zero attached hydrogens (tertiary/aromatic N) is 3. The van der Waals surface area contributed by atoms with Gasteiger partial charge in [0, 0.05) is 25.0 Å². The number of carbonyl (C=O) groups excluding carboxylic acids is 1. The number of aromatic nitrogens is 1. The van der Waals surface area contributed by atoms with Gasteiger partial charge in [-0.2, -0.15) is 0 Å². The van der Waals surface area contributed by atoms with Crippen molar-refractivity contribution in [2.24, 2.45) is 0 Å². The molecule has 0 bridgehead atoms. The van der Waals surface area contributed by atoms with Crippen LogP contribution in [0, 0.1) is 0 Å². The van der Waals surface area contributed by atoms with Gasteiger partial charge in [-0.3, -0.25) is 4.79 Å². The molecule has 1 aliphatic rings. The Bertz CT molecular complexity index is 674. The maximum atomic E-state index is 12.6. The van der Waals surface area contributed by atoms with E-state index < -0.39 is 0 Å². The predicted octanol–water partition coefficient (Wildman–Crippen LogP) is 2.67. The maximum Gasteiger partial charge on any atom is 0.272 e. The molecule has 0 spiro atoms. The standard InChI is InChI=1S/C16H18ClN3O/c1-19-7-4-8-20(10-9-19)16(21)14-11-12-5-2-3-6-13(12)15(17)18-14/h2-3,5-6,11H,4,7-10H2,1H3. The number of halogens is 1. The lowest BCUT2D eigenvalue weighted by atomic mass is 10.1. The van der Waals surface area contributed by atoms with Gasteiger partial charge in [0.25, 0.3) is 5.91 Å². The molecule has 0 radical (unpaired) electrons. The van der Waals surface area contributed by atoms with Crippen molar-refractivity contribution < 1.29 is 4.79 Å². The van der Waals surface area contributed by atoms with Gasteiger partial charge in [-0.05, 0) is 31.5 Å². The normalized spacial score (nSPS) is 17.0. The fraction of sp³-hybridized carbons (Fsp3) is 0.375. The number of amides is 1. The molecule has 1 aromatic carbocycles. The summed E-state index contributed by atoms with van der Waals surface area (Å²) in [6, 6.07) is 9.56. The third-order valence-corrected chi connectivity index (χ3v) is 4.21. The Balaban J connectivity index is 1.90. The van der Waals surface area contributed by atoms with Gasteiger partial charge in [0.05, 0.1) is 0 Å². The molecule has 2 heterocycles. The number of pyridine rings is 1. The molecular formula is C16H18ClN3O. The van der Waals surface area contributed by atoms with Crippen molar-refractivity contribution in [1.82, 2.24) is 14.8 Å². The van der Waals surface area contributed by atoms with Crippen LogP contribution in [-0.2, 0) is 0 Å². The SMILES string of the molecule is CN1CCCN(C(=O)c2cc3ccccc3c(Cl)n2)CC1. The molecule has 3 rings (SSSR count). The van der Waals surface area contributed by atoms with E-state index in [1.807, 2.05) is 35.2 Å². The van der Waals surface area contributed by atoms with Crippen molar-refractivity contribution in [3.63, 3.8) is 0 Å². The summed E-state index contributed by atoms with van der Waals surface area (Å²) in [5, 5.41) is 2.22. The highest BCUT2D eigenvalue weighted by molar-refractivity contribution is 6.34. The Morgan fingerprint density at radius 3 is 2.86 bits per heavy atom. The zero-order valence-electron chi connectivity index (χ0n) is 12.1. The fourth-order valence-corrected chi connectivity index (χ4v) is 2.94. The molecule has 5 heteroatoms. The molecule has 0 atom stereocenters. The zero-order valence-corrected chi connectivity index (χ0v) is 12.8. The third-order valence-electron chi connectivity index (χ3n) is 3.92. The first-order valence-electron chi connectivity index (χ1n) is 7.18. The number of likely N-dealkylation sites (N-methyl/N-ethyl adjacent to an activating group) is 1. The second-order valence-electron chi connectivity index (χ2n) is 5.47. The Labute approximate surface area is 129 Å². The fourth-order valence-electron chi connectivity index (χ4n) is 2.68. The maximum absolute atomic E-state index is 12.6. The van der Waals surface area contributed by atoms with E-state index in [1.165, 1.54) is 0 Å². The van der Waals surface area contributed by atoms with Crippen LogP contribution < -0.4 is 0 Å². The molecule has 1 fully saturated rings. The van der Waals surface area contributed by atoms with Crippen LogP contribution in [0.25, 0.3) is 10.8 Å². The van der Waals surface area contributed by atoms with Crippen LogP contribution in [0.3, 0.4) is 0 Å². The predicted molar refractivity (Wildman–Crippen MR) is 84.8 cm³/mol. The van der Waals surface area contributed by atoms with E-state index >= 15 is 0 Å². The molecule has 0 unspecified atom stereocenters. The summed E-state index contributed by atoms with van der Waals surface area (Å²) in [6.07, 6.45) is 0.990. The minimum absolute atomic E-state index is 0.0297. The third kappa shape index (κ3) is 3.01. The van der Waals surface area contributed by atoms with Crippen LogP contribution in [0.15, 0.2) is 30.3 Å². The van der Waals surface area contributed by atoms with E-state index in [0.29, 0.717) is 10.8 Å². The molecule has 21 heavy (non-hydrogen) atoms. The molecule has 1 saturated heterocycles. The molecule has 1 aromatic heterocycles. The number of benzene rings is 1. The molecule has 0 saturated carbocycles. The van der Waals surface area contributed by atoms with Crippen molar-refractivity contribution in [1.29, 1.82) is 0 Å². The van der Waals surface area contributed by atoms with Crippen LogP contribution in [0.5, 0.6) is 0 Å². The highest BCUT2D eigenvalue weighted by Gasteiger charge is 2.20. The Morgan fingerprint density at radius 2 is 2.00 bits per heavy atom. The molecule has 0 N–H and O–H groups in total. The van der Waals surface area contributed by atoms with Crippen LogP contribution in [-0.4, -0.2) is 53.9 Å². The van der Waals surface area contributed by atoms with Crippen molar-refractivity contribution >= 4 is 28.3 Å². The molecule has 110 valence electrons. The molecular weight excluding hydrogens is 286 g/mol. The largest absolute Gasteiger partial charge is 0.336 e. The van der Waals surface area contributed by atoms with Crippen LogP contribution in [0.1, 0.15) is 16.9 Å². The number of rotatable bonds is 1. The van der Waals surface area contributed by atoms with Gasteiger partial charge >= 0.3 is 0 Å². The molecule has 1 aliphatic heterocycles. The lowest BCUT2D eigenvalue weighted by molar-refractivity contribution is 0.0757. The Kier molecular flexibility index (Phi) is 4.08. The summed E-state index contributed by atoms with van der Waals surface area (Å²) in [6.45, 7) is 3.43. The van der Waals surface area contributed by atoms with E-state index in [1.54, 1.807) is 0 Å². The topological polar surface area (TPSA) is 36.4 Å². The van der Waals surface area contributed by atoms with E-state index in [2.05, 4.69) is 16.9 Å². The van der Waals surface area contributed by atoms with Crippen molar-refractivity contribution in [2.45, 2.75) is 6.42 Å². The van der Waals surface area contributed by atoms with Gasteiger partial charge in [0.1, 0.15) is 10.8 Å². The van der Waals surface area contributed by atoms with Crippen molar-refractivity contribution in [3.05, 3.63) is 41.2 Å². The molecule has 0 aliphatic carbocycles. The molecule has 4 nitrogen and oxygen atoms in total. The van der Waals surface area contributed by atoms with E-state index in [4.69, 9.17) is 11.6 Å². The van der Waals surface area contributed by atoms with Crippen LogP contribution in [0.2, 0.25) is 5.15 Å². The number of fused-ring (bicyclic) bond motifs is 1. The van der Waals surface area contributed by atoms with Gasteiger partial charge in [0.2, 0.25) is 0 Å². The summed E-state index contributed by atoms with van der Waals surface area (Å²) in [5.74, 6) is -0.0297.